The van der Waals surface area contributed by atoms with Crippen LogP contribution in [0.25, 0.3) is 11.4 Å². The number of hydrogen-bond acceptors (Lipinski definition) is 7. The lowest BCUT2D eigenvalue weighted by Crippen LogP contribution is -2.39. The summed E-state index contributed by atoms with van der Waals surface area (Å²) in [6, 6.07) is 4.79. The number of ether oxygens (including phenoxy) is 2. The van der Waals surface area contributed by atoms with Gasteiger partial charge in [0.25, 0.3) is 6.43 Å². The van der Waals surface area contributed by atoms with Crippen molar-refractivity contribution in [1.29, 1.82) is 5.26 Å². The standard InChI is InChI=1S/C19H18F2N6O4/c1-9(16(23)28)24-10-2-3-11-14(6-10)30-5-4-26-12(7-22)18(25-17(11)26)27-13(15(20)21)8-31-19(27)29/h2-3,6,9,13,15,24H,4-5,8H2,1H3,(H2,23,28)/t9?,13-/m0/s1. The number of hydrogen-bond donors (Lipinski definition) is 2. The maximum Gasteiger partial charge on any atom is 0.416 e. The van der Waals surface area contributed by atoms with Gasteiger partial charge >= 0.3 is 6.09 Å². The number of primary amides is 1. The molecule has 162 valence electrons. The zero-order valence-corrected chi connectivity index (χ0v) is 16.3. The van der Waals surface area contributed by atoms with Crippen LogP contribution >= 0.6 is 0 Å². The highest BCUT2D eigenvalue weighted by Gasteiger charge is 2.43. The first-order valence-corrected chi connectivity index (χ1v) is 9.39. The average Bonchev–Trinajstić information content (AvgIpc) is 3.22. The highest BCUT2D eigenvalue weighted by Crippen LogP contribution is 2.38. The summed E-state index contributed by atoms with van der Waals surface area (Å²) in [6.45, 7) is 1.50. The van der Waals surface area contributed by atoms with Crippen LogP contribution < -0.4 is 20.7 Å². The number of rotatable bonds is 5. The predicted molar refractivity (Wildman–Crippen MR) is 104 cm³/mol. The molecular formula is C19H18F2N6O4. The Bertz CT molecular complexity index is 1100. The smallest absolute Gasteiger partial charge is 0.416 e. The zero-order valence-electron chi connectivity index (χ0n) is 16.3. The molecule has 2 aliphatic heterocycles. The number of nitriles is 1. The Kier molecular flexibility index (Phi) is 5.10. The number of imidazole rings is 1. The minimum Gasteiger partial charge on any atom is -0.491 e. The molecule has 1 unspecified atom stereocenters. The van der Waals surface area contributed by atoms with E-state index >= 15 is 0 Å². The highest BCUT2D eigenvalue weighted by atomic mass is 19.3. The van der Waals surface area contributed by atoms with Gasteiger partial charge in [0.1, 0.15) is 42.9 Å². The molecule has 10 nitrogen and oxygen atoms in total. The first-order chi connectivity index (χ1) is 14.8. The molecule has 4 rings (SSSR count). The summed E-state index contributed by atoms with van der Waals surface area (Å²) in [7, 11) is 0. The second kappa shape index (κ2) is 7.75. The van der Waals surface area contributed by atoms with Crippen molar-refractivity contribution in [2.45, 2.75) is 32.0 Å². The lowest BCUT2D eigenvalue weighted by molar-refractivity contribution is -0.118. The van der Waals surface area contributed by atoms with Crippen molar-refractivity contribution in [2.75, 3.05) is 23.4 Å². The highest BCUT2D eigenvalue weighted by molar-refractivity contribution is 5.91. The van der Waals surface area contributed by atoms with Crippen molar-refractivity contribution in [3.63, 3.8) is 0 Å². The molecule has 2 atom stereocenters. The van der Waals surface area contributed by atoms with Crippen LogP contribution in [0.2, 0.25) is 0 Å². The van der Waals surface area contributed by atoms with Gasteiger partial charge in [-0.1, -0.05) is 0 Å². The number of aromatic nitrogens is 2. The Labute approximate surface area is 175 Å². The number of nitrogens with two attached hydrogens (primary N) is 1. The van der Waals surface area contributed by atoms with Crippen molar-refractivity contribution < 1.29 is 27.8 Å². The Morgan fingerprint density at radius 2 is 2.19 bits per heavy atom. The number of benzene rings is 1. The molecule has 0 radical (unpaired) electrons. The van der Waals surface area contributed by atoms with Gasteiger partial charge in [-0.25, -0.2) is 23.5 Å². The lowest BCUT2D eigenvalue weighted by atomic mass is 10.1. The van der Waals surface area contributed by atoms with Crippen molar-refractivity contribution in [2.24, 2.45) is 5.73 Å². The largest absolute Gasteiger partial charge is 0.491 e. The molecule has 2 aromatic rings. The molecule has 31 heavy (non-hydrogen) atoms. The van der Waals surface area contributed by atoms with Gasteiger partial charge in [-0.3, -0.25) is 4.79 Å². The van der Waals surface area contributed by atoms with E-state index in [9.17, 15) is 23.6 Å². The molecule has 0 aliphatic carbocycles. The number of carbonyl (C=O) groups excluding carboxylic acids is 2. The van der Waals surface area contributed by atoms with Crippen LogP contribution in [0, 0.1) is 11.3 Å². The van der Waals surface area contributed by atoms with Crippen LogP contribution in [0.3, 0.4) is 0 Å². The third-order valence-corrected chi connectivity index (χ3v) is 5.08. The van der Waals surface area contributed by atoms with E-state index < -0.39 is 37.1 Å². The van der Waals surface area contributed by atoms with Gasteiger partial charge in [-0.2, -0.15) is 5.26 Å². The monoisotopic (exact) mass is 432 g/mol. The van der Waals surface area contributed by atoms with E-state index in [-0.39, 0.29) is 24.7 Å². The van der Waals surface area contributed by atoms with Crippen LogP contribution in [0.15, 0.2) is 18.2 Å². The van der Waals surface area contributed by atoms with Crippen LogP contribution in [0.1, 0.15) is 12.6 Å². The Morgan fingerprint density at radius 3 is 2.87 bits per heavy atom. The van der Waals surface area contributed by atoms with E-state index in [2.05, 4.69) is 10.3 Å². The summed E-state index contributed by atoms with van der Waals surface area (Å²) in [5.41, 5.74) is 6.31. The summed E-state index contributed by atoms with van der Waals surface area (Å²) >= 11 is 0. The number of cyclic esters (lactones) is 1. The molecule has 12 heteroatoms. The second-order valence-corrected chi connectivity index (χ2v) is 7.05. The van der Waals surface area contributed by atoms with Gasteiger partial charge in [0.2, 0.25) is 5.91 Å². The molecule has 1 aromatic carbocycles. The van der Waals surface area contributed by atoms with E-state index in [4.69, 9.17) is 15.2 Å². The minimum atomic E-state index is -2.86. The summed E-state index contributed by atoms with van der Waals surface area (Å²) in [6.07, 6.45) is -3.84. The molecular weight excluding hydrogens is 414 g/mol. The van der Waals surface area contributed by atoms with Crippen LogP contribution in [-0.4, -0.2) is 53.3 Å². The Balaban J connectivity index is 1.78. The molecule has 3 N–H and O–H groups in total. The summed E-state index contributed by atoms with van der Waals surface area (Å²) in [4.78, 5) is 28.5. The minimum absolute atomic E-state index is 0.0412. The molecule has 0 bridgehead atoms. The van der Waals surface area contributed by atoms with Crippen LogP contribution in [0.4, 0.5) is 25.1 Å². The quantitative estimate of drug-likeness (QED) is 0.734. The second-order valence-electron chi connectivity index (χ2n) is 7.05. The summed E-state index contributed by atoms with van der Waals surface area (Å²) in [5, 5.41) is 12.6. The summed E-state index contributed by atoms with van der Waals surface area (Å²) < 4.78 is 38.9. The molecule has 3 heterocycles. The van der Waals surface area contributed by atoms with E-state index in [1.165, 1.54) is 4.57 Å². The average molecular weight is 432 g/mol. The van der Waals surface area contributed by atoms with Crippen LogP contribution in [0.5, 0.6) is 5.75 Å². The van der Waals surface area contributed by atoms with Gasteiger partial charge in [0, 0.05) is 11.8 Å². The first-order valence-electron chi connectivity index (χ1n) is 9.39. The number of amides is 2. The van der Waals surface area contributed by atoms with Gasteiger partial charge in [0.15, 0.2) is 11.5 Å². The first kappa shape index (κ1) is 20.4. The van der Waals surface area contributed by atoms with Crippen molar-refractivity contribution >= 4 is 23.5 Å². The van der Waals surface area contributed by atoms with Gasteiger partial charge in [-0.05, 0) is 19.1 Å². The topological polar surface area (TPSA) is 136 Å². The zero-order chi connectivity index (χ0) is 22.3. The number of fused-ring (bicyclic) bond motifs is 3. The maximum atomic E-state index is 13.4. The van der Waals surface area contributed by atoms with Crippen LogP contribution in [-0.2, 0) is 16.1 Å². The Morgan fingerprint density at radius 1 is 1.42 bits per heavy atom. The van der Waals surface area contributed by atoms with Gasteiger partial charge in [0.05, 0.1) is 12.1 Å². The molecule has 1 fully saturated rings. The molecule has 0 saturated carbocycles. The lowest BCUT2D eigenvalue weighted by Gasteiger charge is -2.18. The molecule has 0 spiro atoms. The van der Waals surface area contributed by atoms with Gasteiger partial charge in [-0.15, -0.1) is 0 Å². The van der Waals surface area contributed by atoms with E-state index in [0.717, 1.165) is 4.90 Å². The maximum absolute atomic E-state index is 13.4. The number of anilines is 2. The fourth-order valence-electron chi connectivity index (χ4n) is 3.49. The van der Waals surface area contributed by atoms with E-state index in [1.54, 1.807) is 25.1 Å². The normalized spacial score (nSPS) is 18.4. The number of alkyl halides is 2. The molecule has 2 aliphatic rings. The number of halogens is 2. The van der Waals surface area contributed by atoms with Gasteiger partial charge < -0.3 is 25.1 Å². The number of carbonyl (C=O) groups is 2. The number of nitrogens with zero attached hydrogens (tertiary/aromatic N) is 4. The number of nitrogens with one attached hydrogen (secondary N) is 1. The fourth-order valence-corrected chi connectivity index (χ4v) is 3.49. The predicted octanol–water partition coefficient (Wildman–Crippen LogP) is 1.69. The molecule has 1 saturated heterocycles. The SMILES string of the molecule is CC(Nc1ccc2c(c1)OCCn1c-2nc(N2C(=O)OC[C@H]2C(F)F)c1C#N)C(N)=O. The van der Waals surface area contributed by atoms with E-state index in [0.29, 0.717) is 22.8 Å². The molecule has 1 aromatic heterocycles. The van der Waals surface area contributed by atoms with Crippen molar-refractivity contribution in [3.8, 4) is 23.2 Å². The molecule has 2 amide bonds. The fraction of sp³-hybridized carbons (Fsp3) is 0.368. The van der Waals surface area contributed by atoms with Crippen molar-refractivity contribution in [1.82, 2.24) is 9.55 Å². The third kappa shape index (κ3) is 3.48. The van der Waals surface area contributed by atoms with E-state index in [1.807, 2.05) is 6.07 Å². The Hall–Kier alpha value is -3.88. The summed E-state index contributed by atoms with van der Waals surface area (Å²) in [5.74, 6) is 0.000582. The third-order valence-electron chi connectivity index (χ3n) is 5.08. The van der Waals surface area contributed by atoms with Crippen molar-refractivity contribution in [3.05, 3.63) is 23.9 Å².